The SMILES string of the molecule is Cc1cccc([N+](=O)[O-])c1Oc1cc(C(=O)O)ccc1Br. The van der Waals surface area contributed by atoms with E-state index in [9.17, 15) is 14.9 Å². The van der Waals surface area contributed by atoms with E-state index in [0.29, 0.717) is 10.0 Å². The molecule has 0 saturated heterocycles. The number of carboxylic acids is 1. The van der Waals surface area contributed by atoms with E-state index >= 15 is 0 Å². The van der Waals surface area contributed by atoms with Crippen molar-refractivity contribution in [2.75, 3.05) is 0 Å². The molecule has 0 fully saturated rings. The van der Waals surface area contributed by atoms with Crippen LogP contribution >= 0.6 is 15.9 Å². The fourth-order valence-electron chi connectivity index (χ4n) is 1.74. The molecule has 0 atom stereocenters. The van der Waals surface area contributed by atoms with Gasteiger partial charge in [-0.3, -0.25) is 10.1 Å². The van der Waals surface area contributed by atoms with Crippen molar-refractivity contribution in [2.45, 2.75) is 6.92 Å². The number of aryl methyl sites for hydroxylation is 1. The molecular formula is C14H10BrNO5. The molecule has 0 spiro atoms. The number of rotatable bonds is 4. The van der Waals surface area contributed by atoms with Crippen LogP contribution < -0.4 is 4.74 Å². The predicted octanol–water partition coefficient (Wildman–Crippen LogP) is 4.16. The third kappa shape index (κ3) is 3.19. The number of hydrogen-bond donors (Lipinski definition) is 1. The number of ether oxygens (including phenoxy) is 1. The minimum absolute atomic E-state index is 0.0319. The van der Waals surface area contributed by atoms with Crippen molar-refractivity contribution < 1.29 is 19.6 Å². The molecule has 2 rings (SSSR count). The molecule has 2 aromatic rings. The van der Waals surface area contributed by atoms with Gasteiger partial charge in [0.15, 0.2) is 0 Å². The molecule has 0 amide bonds. The Morgan fingerprint density at radius 1 is 1.33 bits per heavy atom. The molecule has 0 bridgehead atoms. The highest BCUT2D eigenvalue weighted by molar-refractivity contribution is 9.10. The van der Waals surface area contributed by atoms with Gasteiger partial charge in [0, 0.05) is 6.07 Å². The first kappa shape index (κ1) is 15.0. The number of para-hydroxylation sites is 1. The summed E-state index contributed by atoms with van der Waals surface area (Å²) in [6.07, 6.45) is 0. The summed E-state index contributed by atoms with van der Waals surface area (Å²) in [5, 5.41) is 20.0. The van der Waals surface area contributed by atoms with Gasteiger partial charge in [-0.2, -0.15) is 0 Å². The standard InChI is InChI=1S/C14H10BrNO5/c1-8-3-2-4-11(16(19)20)13(8)21-12-7-9(14(17)18)5-6-10(12)15/h2-7H,1H3,(H,17,18). The van der Waals surface area contributed by atoms with E-state index in [1.165, 1.54) is 24.3 Å². The summed E-state index contributed by atoms with van der Waals surface area (Å²) in [5.74, 6) is -0.815. The zero-order chi connectivity index (χ0) is 15.6. The lowest BCUT2D eigenvalue weighted by molar-refractivity contribution is -0.385. The van der Waals surface area contributed by atoms with Crippen LogP contribution in [-0.4, -0.2) is 16.0 Å². The molecule has 0 saturated carbocycles. The average Bonchev–Trinajstić information content (AvgIpc) is 2.42. The summed E-state index contributed by atoms with van der Waals surface area (Å²) >= 11 is 3.24. The van der Waals surface area contributed by atoms with E-state index in [1.807, 2.05) is 0 Å². The lowest BCUT2D eigenvalue weighted by Crippen LogP contribution is -1.99. The smallest absolute Gasteiger partial charge is 0.335 e. The van der Waals surface area contributed by atoms with E-state index in [2.05, 4.69) is 15.9 Å². The second-order valence-corrected chi connectivity index (χ2v) is 5.09. The second-order valence-electron chi connectivity index (χ2n) is 4.23. The van der Waals surface area contributed by atoms with Gasteiger partial charge >= 0.3 is 11.7 Å². The number of benzene rings is 2. The molecule has 21 heavy (non-hydrogen) atoms. The van der Waals surface area contributed by atoms with E-state index < -0.39 is 10.9 Å². The fraction of sp³-hybridized carbons (Fsp3) is 0.0714. The number of halogens is 1. The van der Waals surface area contributed by atoms with Crippen molar-refractivity contribution in [3.8, 4) is 11.5 Å². The van der Waals surface area contributed by atoms with Gasteiger partial charge in [0.2, 0.25) is 5.75 Å². The number of nitro groups is 1. The zero-order valence-electron chi connectivity index (χ0n) is 10.9. The molecule has 2 aromatic carbocycles. The summed E-state index contributed by atoms with van der Waals surface area (Å²) in [6.45, 7) is 1.68. The van der Waals surface area contributed by atoms with Crippen molar-refractivity contribution in [3.63, 3.8) is 0 Å². The number of aromatic carboxylic acids is 1. The first-order valence-corrected chi connectivity index (χ1v) is 6.64. The second kappa shape index (κ2) is 5.92. The number of carboxylic acid groups (broad SMARTS) is 1. The van der Waals surface area contributed by atoms with Gasteiger partial charge in [-0.15, -0.1) is 0 Å². The largest absolute Gasteiger partial charge is 0.478 e. The molecule has 0 aliphatic carbocycles. The number of carbonyl (C=O) groups is 1. The zero-order valence-corrected chi connectivity index (χ0v) is 12.5. The highest BCUT2D eigenvalue weighted by Crippen LogP contribution is 2.37. The van der Waals surface area contributed by atoms with Crippen molar-refractivity contribution in [2.24, 2.45) is 0 Å². The molecular weight excluding hydrogens is 342 g/mol. The Bertz CT molecular complexity index is 729. The summed E-state index contributed by atoms with van der Waals surface area (Å²) in [6, 6.07) is 8.80. The fourth-order valence-corrected chi connectivity index (χ4v) is 2.07. The Labute approximate surface area is 128 Å². The van der Waals surface area contributed by atoms with Gasteiger partial charge in [0.05, 0.1) is 15.0 Å². The van der Waals surface area contributed by atoms with Gasteiger partial charge in [0.1, 0.15) is 5.75 Å². The molecule has 108 valence electrons. The lowest BCUT2D eigenvalue weighted by Gasteiger charge is -2.11. The highest BCUT2D eigenvalue weighted by atomic mass is 79.9. The van der Waals surface area contributed by atoms with Gasteiger partial charge in [-0.1, -0.05) is 12.1 Å². The van der Waals surface area contributed by atoms with E-state index in [1.54, 1.807) is 19.1 Å². The molecule has 0 heterocycles. The number of nitrogens with zero attached hydrogens (tertiary/aromatic N) is 1. The van der Waals surface area contributed by atoms with Crippen LogP contribution in [0.25, 0.3) is 0 Å². The molecule has 0 aliphatic rings. The summed E-state index contributed by atoms with van der Waals surface area (Å²) in [7, 11) is 0. The Morgan fingerprint density at radius 2 is 2.05 bits per heavy atom. The maximum Gasteiger partial charge on any atom is 0.335 e. The maximum absolute atomic E-state index is 11.0. The quantitative estimate of drug-likeness (QED) is 0.659. The van der Waals surface area contributed by atoms with Gasteiger partial charge in [-0.05, 0) is 46.6 Å². The first-order valence-electron chi connectivity index (χ1n) is 5.85. The Kier molecular flexibility index (Phi) is 4.23. The normalized spacial score (nSPS) is 10.2. The summed E-state index contributed by atoms with van der Waals surface area (Å²) < 4.78 is 6.08. The van der Waals surface area contributed by atoms with Gasteiger partial charge in [-0.25, -0.2) is 4.79 Å². The molecule has 0 aromatic heterocycles. The van der Waals surface area contributed by atoms with Crippen LogP contribution in [0.3, 0.4) is 0 Å². The van der Waals surface area contributed by atoms with Crippen molar-refractivity contribution >= 4 is 27.6 Å². The average molecular weight is 352 g/mol. The van der Waals surface area contributed by atoms with E-state index in [-0.39, 0.29) is 22.7 Å². The Hall–Kier alpha value is -2.41. The van der Waals surface area contributed by atoms with Crippen LogP contribution in [0.1, 0.15) is 15.9 Å². The molecule has 7 heteroatoms. The number of hydrogen-bond acceptors (Lipinski definition) is 4. The topological polar surface area (TPSA) is 89.7 Å². The summed E-state index contributed by atoms with van der Waals surface area (Å²) in [4.78, 5) is 21.5. The van der Waals surface area contributed by atoms with Crippen LogP contribution in [0, 0.1) is 17.0 Å². The minimum Gasteiger partial charge on any atom is -0.478 e. The molecule has 0 aliphatic heterocycles. The van der Waals surface area contributed by atoms with Crippen LogP contribution in [0.2, 0.25) is 0 Å². The Balaban J connectivity index is 2.50. The molecule has 6 nitrogen and oxygen atoms in total. The molecule has 0 radical (unpaired) electrons. The molecule has 1 N–H and O–H groups in total. The van der Waals surface area contributed by atoms with Gasteiger partial charge in [0.25, 0.3) is 0 Å². The van der Waals surface area contributed by atoms with Crippen LogP contribution in [0.15, 0.2) is 40.9 Å². The van der Waals surface area contributed by atoms with Crippen LogP contribution in [0.4, 0.5) is 5.69 Å². The van der Waals surface area contributed by atoms with E-state index in [4.69, 9.17) is 9.84 Å². The van der Waals surface area contributed by atoms with Crippen molar-refractivity contribution in [1.82, 2.24) is 0 Å². The van der Waals surface area contributed by atoms with Gasteiger partial charge < -0.3 is 9.84 Å². The molecule has 0 unspecified atom stereocenters. The van der Waals surface area contributed by atoms with E-state index in [0.717, 1.165) is 0 Å². The lowest BCUT2D eigenvalue weighted by atomic mass is 10.2. The predicted molar refractivity (Wildman–Crippen MR) is 79.0 cm³/mol. The first-order chi connectivity index (χ1) is 9.90. The maximum atomic E-state index is 11.0. The van der Waals surface area contributed by atoms with Crippen LogP contribution in [0.5, 0.6) is 11.5 Å². The van der Waals surface area contributed by atoms with Crippen LogP contribution in [-0.2, 0) is 0 Å². The van der Waals surface area contributed by atoms with Crippen molar-refractivity contribution in [1.29, 1.82) is 0 Å². The summed E-state index contributed by atoms with van der Waals surface area (Å²) in [5.41, 5.74) is 0.434. The Morgan fingerprint density at radius 3 is 2.67 bits per heavy atom. The third-order valence-electron chi connectivity index (χ3n) is 2.78. The minimum atomic E-state index is -1.10. The number of nitro benzene ring substituents is 1. The highest BCUT2D eigenvalue weighted by Gasteiger charge is 2.19. The monoisotopic (exact) mass is 351 g/mol. The third-order valence-corrected chi connectivity index (χ3v) is 3.43. The van der Waals surface area contributed by atoms with Crippen molar-refractivity contribution in [3.05, 3.63) is 62.1 Å².